The third-order valence-electron chi connectivity index (χ3n) is 2.67. The van der Waals surface area contributed by atoms with E-state index >= 15 is 0 Å². The molecule has 0 radical (unpaired) electrons. The average molecular weight is 277 g/mol. The predicted octanol–water partition coefficient (Wildman–Crippen LogP) is 1.67. The third kappa shape index (κ3) is 3.00. The van der Waals surface area contributed by atoms with E-state index < -0.39 is 24.2 Å². The van der Waals surface area contributed by atoms with E-state index in [-0.39, 0.29) is 5.69 Å². The molecule has 0 aliphatic carbocycles. The molecule has 2 rings (SSSR count). The SMILES string of the molecule is Cc1cc(F)ccc1NC(=O)c1ccnn1CC(=O)O. The number of hydrogen-bond acceptors (Lipinski definition) is 3. The normalized spacial score (nSPS) is 10.3. The number of anilines is 1. The summed E-state index contributed by atoms with van der Waals surface area (Å²) in [5.41, 5.74) is 1.15. The van der Waals surface area contributed by atoms with Crippen molar-refractivity contribution in [1.82, 2.24) is 9.78 Å². The van der Waals surface area contributed by atoms with Crippen molar-refractivity contribution in [2.24, 2.45) is 0 Å². The summed E-state index contributed by atoms with van der Waals surface area (Å²) in [6.07, 6.45) is 1.34. The van der Waals surface area contributed by atoms with Gasteiger partial charge in [0.15, 0.2) is 0 Å². The number of benzene rings is 1. The first-order chi connectivity index (χ1) is 9.47. The van der Waals surface area contributed by atoms with Crippen LogP contribution in [0.1, 0.15) is 16.1 Å². The second-order valence-corrected chi connectivity index (χ2v) is 4.18. The Bertz CT molecular complexity index is 667. The molecule has 0 saturated carbocycles. The highest BCUT2D eigenvalue weighted by atomic mass is 19.1. The van der Waals surface area contributed by atoms with Crippen LogP contribution in [0.2, 0.25) is 0 Å². The summed E-state index contributed by atoms with van der Waals surface area (Å²) in [5, 5.41) is 15.1. The van der Waals surface area contributed by atoms with Gasteiger partial charge in [0.25, 0.3) is 5.91 Å². The van der Waals surface area contributed by atoms with Gasteiger partial charge in [0.05, 0.1) is 0 Å². The Morgan fingerprint density at radius 2 is 2.15 bits per heavy atom. The highest BCUT2D eigenvalue weighted by Crippen LogP contribution is 2.16. The number of carboxylic acids is 1. The molecule has 0 atom stereocenters. The monoisotopic (exact) mass is 277 g/mol. The van der Waals surface area contributed by atoms with Crippen LogP contribution in [0.3, 0.4) is 0 Å². The van der Waals surface area contributed by atoms with Gasteiger partial charge in [0, 0.05) is 11.9 Å². The van der Waals surface area contributed by atoms with E-state index in [1.54, 1.807) is 6.92 Å². The molecular formula is C13H12FN3O3. The quantitative estimate of drug-likeness (QED) is 0.890. The van der Waals surface area contributed by atoms with Crippen molar-refractivity contribution in [1.29, 1.82) is 0 Å². The number of aromatic nitrogens is 2. The van der Waals surface area contributed by atoms with Crippen LogP contribution in [0, 0.1) is 12.7 Å². The van der Waals surface area contributed by atoms with E-state index in [1.807, 2.05) is 0 Å². The Morgan fingerprint density at radius 3 is 2.80 bits per heavy atom. The standard InChI is InChI=1S/C13H12FN3O3/c1-8-6-9(14)2-3-10(8)16-13(20)11-4-5-15-17(11)7-12(18)19/h2-6H,7H2,1H3,(H,16,20)(H,18,19). The number of rotatable bonds is 4. The van der Waals surface area contributed by atoms with Gasteiger partial charge in [-0.05, 0) is 36.8 Å². The summed E-state index contributed by atoms with van der Waals surface area (Å²) in [6.45, 7) is 1.26. The molecule has 20 heavy (non-hydrogen) atoms. The molecule has 0 unspecified atom stereocenters. The number of nitrogens with zero attached hydrogens (tertiary/aromatic N) is 2. The predicted molar refractivity (Wildman–Crippen MR) is 69.0 cm³/mol. The first-order valence-corrected chi connectivity index (χ1v) is 5.78. The molecule has 2 N–H and O–H groups in total. The lowest BCUT2D eigenvalue weighted by Crippen LogP contribution is -2.21. The molecule has 0 fully saturated rings. The minimum Gasteiger partial charge on any atom is -0.480 e. The van der Waals surface area contributed by atoms with Gasteiger partial charge in [-0.3, -0.25) is 9.59 Å². The Morgan fingerprint density at radius 1 is 1.40 bits per heavy atom. The minimum absolute atomic E-state index is 0.121. The van der Waals surface area contributed by atoms with Crippen LogP contribution in [-0.4, -0.2) is 26.8 Å². The second kappa shape index (κ2) is 5.52. The number of carbonyl (C=O) groups is 2. The zero-order valence-electron chi connectivity index (χ0n) is 10.6. The summed E-state index contributed by atoms with van der Waals surface area (Å²) in [5.74, 6) is -1.99. The molecule has 1 amide bonds. The Labute approximate surface area is 113 Å². The van der Waals surface area contributed by atoms with Gasteiger partial charge in [0.2, 0.25) is 0 Å². The third-order valence-corrected chi connectivity index (χ3v) is 2.67. The van der Waals surface area contributed by atoms with Crippen molar-refractivity contribution in [3.8, 4) is 0 Å². The zero-order valence-corrected chi connectivity index (χ0v) is 10.6. The fourth-order valence-electron chi connectivity index (χ4n) is 1.73. The highest BCUT2D eigenvalue weighted by Gasteiger charge is 2.15. The zero-order chi connectivity index (χ0) is 14.7. The molecule has 1 heterocycles. The number of nitrogens with one attached hydrogen (secondary N) is 1. The van der Waals surface area contributed by atoms with Crippen LogP contribution in [-0.2, 0) is 11.3 Å². The topological polar surface area (TPSA) is 84.2 Å². The molecule has 104 valence electrons. The van der Waals surface area contributed by atoms with Gasteiger partial charge in [-0.1, -0.05) is 0 Å². The van der Waals surface area contributed by atoms with E-state index in [0.717, 1.165) is 4.68 Å². The van der Waals surface area contributed by atoms with Gasteiger partial charge >= 0.3 is 5.97 Å². The summed E-state index contributed by atoms with van der Waals surface area (Å²) in [6, 6.07) is 5.39. The minimum atomic E-state index is -1.10. The maximum atomic E-state index is 13.0. The number of carbonyl (C=O) groups excluding carboxylic acids is 1. The maximum Gasteiger partial charge on any atom is 0.325 e. The molecule has 0 saturated heterocycles. The number of carboxylic acid groups (broad SMARTS) is 1. The highest BCUT2D eigenvalue weighted by molar-refractivity contribution is 6.03. The molecule has 7 heteroatoms. The molecule has 1 aromatic heterocycles. The number of aliphatic carboxylic acids is 1. The van der Waals surface area contributed by atoms with E-state index in [9.17, 15) is 14.0 Å². The lowest BCUT2D eigenvalue weighted by molar-refractivity contribution is -0.137. The molecule has 0 aliphatic rings. The van der Waals surface area contributed by atoms with Crippen LogP contribution >= 0.6 is 0 Å². The molecule has 1 aromatic carbocycles. The molecular weight excluding hydrogens is 265 g/mol. The van der Waals surface area contributed by atoms with E-state index in [2.05, 4.69) is 10.4 Å². The summed E-state index contributed by atoms with van der Waals surface area (Å²) in [7, 11) is 0. The van der Waals surface area contributed by atoms with Gasteiger partial charge in [-0.15, -0.1) is 0 Å². The molecule has 2 aromatic rings. The number of halogens is 1. The van der Waals surface area contributed by atoms with Crippen LogP contribution in [0.15, 0.2) is 30.5 Å². The fraction of sp³-hybridized carbons (Fsp3) is 0.154. The van der Waals surface area contributed by atoms with Crippen molar-refractivity contribution in [2.45, 2.75) is 13.5 Å². The lowest BCUT2D eigenvalue weighted by Gasteiger charge is -2.09. The number of amides is 1. The first kappa shape index (κ1) is 13.7. The Kier molecular flexibility index (Phi) is 3.79. The van der Waals surface area contributed by atoms with Crippen molar-refractivity contribution in [2.75, 3.05) is 5.32 Å². The van der Waals surface area contributed by atoms with E-state index in [4.69, 9.17) is 5.11 Å². The molecule has 0 bridgehead atoms. The van der Waals surface area contributed by atoms with E-state index in [0.29, 0.717) is 11.3 Å². The van der Waals surface area contributed by atoms with Crippen LogP contribution in [0.4, 0.5) is 10.1 Å². The van der Waals surface area contributed by atoms with E-state index in [1.165, 1.54) is 30.5 Å². The molecule has 0 aliphatic heterocycles. The van der Waals surface area contributed by atoms with Gasteiger partial charge in [-0.25, -0.2) is 9.07 Å². The van der Waals surface area contributed by atoms with Crippen molar-refractivity contribution in [3.05, 3.63) is 47.5 Å². The largest absolute Gasteiger partial charge is 0.480 e. The van der Waals surface area contributed by atoms with Crippen LogP contribution < -0.4 is 5.32 Å². The lowest BCUT2D eigenvalue weighted by atomic mass is 10.2. The van der Waals surface area contributed by atoms with Gasteiger partial charge in [0.1, 0.15) is 18.1 Å². The molecule has 0 spiro atoms. The van der Waals surface area contributed by atoms with Crippen molar-refractivity contribution in [3.63, 3.8) is 0 Å². The summed E-state index contributed by atoms with van der Waals surface area (Å²) < 4.78 is 14.1. The molecule has 6 nitrogen and oxygen atoms in total. The number of aryl methyl sites for hydroxylation is 1. The Hall–Kier alpha value is -2.70. The maximum absolute atomic E-state index is 13.0. The van der Waals surface area contributed by atoms with Gasteiger partial charge in [-0.2, -0.15) is 5.10 Å². The second-order valence-electron chi connectivity index (χ2n) is 4.18. The van der Waals surface area contributed by atoms with Gasteiger partial charge < -0.3 is 10.4 Å². The first-order valence-electron chi connectivity index (χ1n) is 5.78. The van der Waals surface area contributed by atoms with Crippen LogP contribution in [0.5, 0.6) is 0 Å². The fourth-order valence-corrected chi connectivity index (χ4v) is 1.73. The summed E-state index contributed by atoms with van der Waals surface area (Å²) in [4.78, 5) is 22.7. The van der Waals surface area contributed by atoms with Crippen molar-refractivity contribution >= 4 is 17.6 Å². The van der Waals surface area contributed by atoms with Crippen molar-refractivity contribution < 1.29 is 19.1 Å². The average Bonchev–Trinajstić information content (AvgIpc) is 2.80. The number of hydrogen-bond donors (Lipinski definition) is 2. The van der Waals surface area contributed by atoms with Crippen LogP contribution in [0.25, 0.3) is 0 Å². The smallest absolute Gasteiger partial charge is 0.325 e. The Balaban J connectivity index is 2.20. The summed E-state index contributed by atoms with van der Waals surface area (Å²) >= 11 is 0.